The highest BCUT2D eigenvalue weighted by Gasteiger charge is 2.34. The molecule has 0 aromatic carbocycles. The van der Waals surface area contributed by atoms with Crippen LogP contribution < -0.4 is 0 Å². The van der Waals surface area contributed by atoms with E-state index in [-0.39, 0.29) is 18.4 Å². The number of rotatable bonds is 10. The molecule has 5 nitrogen and oxygen atoms in total. The fourth-order valence-corrected chi connectivity index (χ4v) is 2.57. The van der Waals surface area contributed by atoms with Crippen molar-refractivity contribution in [2.75, 3.05) is 14.2 Å². The minimum atomic E-state index is -0.878. The van der Waals surface area contributed by atoms with Gasteiger partial charge in [0.1, 0.15) is 6.23 Å². The number of aliphatic hydroxyl groups excluding tert-OH is 1. The van der Waals surface area contributed by atoms with E-state index in [2.05, 4.69) is 27.7 Å². The van der Waals surface area contributed by atoms with Gasteiger partial charge in [-0.1, -0.05) is 34.1 Å². The van der Waals surface area contributed by atoms with Crippen molar-refractivity contribution >= 4 is 5.97 Å². The largest absolute Gasteiger partial charge is 0.481 e. The molecule has 4 unspecified atom stereocenters. The summed E-state index contributed by atoms with van der Waals surface area (Å²) in [6.07, 6.45) is 0.509. The number of hydrogen-bond acceptors (Lipinski definition) is 4. The first-order valence-electron chi connectivity index (χ1n) is 7.39. The Kier molecular flexibility index (Phi) is 9.01. The van der Waals surface area contributed by atoms with Gasteiger partial charge in [0, 0.05) is 13.2 Å². The lowest BCUT2D eigenvalue weighted by atomic mass is 9.90. The molecule has 0 aliphatic rings. The zero-order valence-electron chi connectivity index (χ0n) is 13.7. The van der Waals surface area contributed by atoms with Crippen LogP contribution in [0.1, 0.15) is 47.0 Å². The van der Waals surface area contributed by atoms with Crippen molar-refractivity contribution in [2.45, 2.75) is 65.3 Å². The molecule has 0 spiro atoms. The number of methoxy groups -OCH3 is 1. The van der Waals surface area contributed by atoms with Gasteiger partial charge in [-0.3, -0.25) is 9.69 Å². The Hall–Kier alpha value is -0.650. The van der Waals surface area contributed by atoms with Gasteiger partial charge in [-0.25, -0.2) is 0 Å². The van der Waals surface area contributed by atoms with Crippen molar-refractivity contribution in [1.82, 2.24) is 4.90 Å². The number of carbonyl (C=O) groups is 1. The van der Waals surface area contributed by atoms with E-state index >= 15 is 0 Å². The van der Waals surface area contributed by atoms with E-state index in [0.29, 0.717) is 12.3 Å². The number of carboxylic acids is 1. The lowest BCUT2D eigenvalue weighted by Crippen LogP contribution is -2.51. The lowest BCUT2D eigenvalue weighted by Gasteiger charge is -2.40. The third kappa shape index (κ3) is 6.20. The van der Waals surface area contributed by atoms with Gasteiger partial charge >= 0.3 is 5.97 Å². The molecule has 0 rings (SSSR count). The van der Waals surface area contributed by atoms with E-state index in [4.69, 9.17) is 9.84 Å². The number of hydrogen-bond donors (Lipinski definition) is 2. The zero-order valence-corrected chi connectivity index (χ0v) is 13.7. The van der Waals surface area contributed by atoms with Crippen LogP contribution in [0.25, 0.3) is 0 Å². The molecular formula is C15H31NO4. The standard InChI is InChI=1S/C15H31NO4/c1-7-11(4)15(12(20-6)9-14(18)19)16(5)13(17)8-10(2)3/h10-13,15,17H,7-9H2,1-6H3,(H,18,19). The summed E-state index contributed by atoms with van der Waals surface area (Å²) in [5.74, 6) is -0.256. The second-order valence-corrected chi connectivity index (χ2v) is 6.02. The average Bonchev–Trinajstić information content (AvgIpc) is 2.35. The van der Waals surface area contributed by atoms with Gasteiger partial charge < -0.3 is 14.9 Å². The predicted molar refractivity (Wildman–Crippen MR) is 79.5 cm³/mol. The van der Waals surface area contributed by atoms with Crippen molar-refractivity contribution < 1.29 is 19.7 Å². The van der Waals surface area contributed by atoms with Crippen LogP contribution >= 0.6 is 0 Å². The molecule has 0 amide bonds. The Balaban J connectivity index is 5.06. The summed E-state index contributed by atoms with van der Waals surface area (Å²) in [6, 6.07) is -0.116. The molecule has 0 fully saturated rings. The van der Waals surface area contributed by atoms with Gasteiger partial charge in [0.25, 0.3) is 0 Å². The van der Waals surface area contributed by atoms with E-state index in [0.717, 1.165) is 6.42 Å². The number of nitrogens with zero attached hydrogens (tertiary/aromatic N) is 1. The molecule has 0 aromatic heterocycles. The van der Waals surface area contributed by atoms with Crippen LogP contribution in [0, 0.1) is 11.8 Å². The summed E-state index contributed by atoms with van der Waals surface area (Å²) in [5, 5.41) is 19.3. The van der Waals surface area contributed by atoms with Crippen molar-refractivity contribution in [3.05, 3.63) is 0 Å². The second-order valence-electron chi connectivity index (χ2n) is 6.02. The maximum Gasteiger partial charge on any atom is 0.306 e. The third-order valence-electron chi connectivity index (χ3n) is 3.91. The Labute approximate surface area is 122 Å². The lowest BCUT2D eigenvalue weighted by molar-refractivity contribution is -0.143. The van der Waals surface area contributed by atoms with Crippen LogP contribution in [-0.4, -0.2) is 53.6 Å². The quantitative estimate of drug-likeness (QED) is 0.603. The van der Waals surface area contributed by atoms with Crippen molar-refractivity contribution in [3.63, 3.8) is 0 Å². The third-order valence-corrected chi connectivity index (χ3v) is 3.91. The van der Waals surface area contributed by atoms with Gasteiger partial charge in [-0.15, -0.1) is 0 Å². The minimum Gasteiger partial charge on any atom is -0.481 e. The normalized spacial score (nSPS) is 18.1. The molecule has 0 bridgehead atoms. The van der Waals surface area contributed by atoms with Crippen LogP contribution in [0.2, 0.25) is 0 Å². The molecule has 0 aliphatic carbocycles. The topological polar surface area (TPSA) is 70.0 Å². The summed E-state index contributed by atoms with van der Waals surface area (Å²) >= 11 is 0. The van der Waals surface area contributed by atoms with Gasteiger partial charge in [-0.05, 0) is 25.3 Å². The van der Waals surface area contributed by atoms with E-state index < -0.39 is 18.3 Å². The van der Waals surface area contributed by atoms with Gasteiger partial charge in [-0.2, -0.15) is 0 Å². The molecule has 2 N–H and O–H groups in total. The SMILES string of the molecule is CCC(C)C(C(CC(=O)O)OC)N(C)C(O)CC(C)C. The highest BCUT2D eigenvalue weighted by molar-refractivity contribution is 5.67. The molecule has 0 radical (unpaired) electrons. The fourth-order valence-electron chi connectivity index (χ4n) is 2.57. The minimum absolute atomic E-state index is 0.0513. The summed E-state index contributed by atoms with van der Waals surface area (Å²) < 4.78 is 5.39. The molecule has 0 aromatic rings. The summed E-state index contributed by atoms with van der Waals surface area (Å²) in [7, 11) is 3.38. The van der Waals surface area contributed by atoms with Crippen molar-refractivity contribution in [1.29, 1.82) is 0 Å². The van der Waals surface area contributed by atoms with Gasteiger partial charge in [0.2, 0.25) is 0 Å². The Morgan fingerprint density at radius 1 is 1.30 bits per heavy atom. The summed E-state index contributed by atoms with van der Waals surface area (Å²) in [5.41, 5.74) is 0. The van der Waals surface area contributed by atoms with Crippen LogP contribution in [0.15, 0.2) is 0 Å². The highest BCUT2D eigenvalue weighted by atomic mass is 16.5. The molecule has 4 atom stereocenters. The summed E-state index contributed by atoms with van der Waals surface area (Å²) in [4.78, 5) is 12.9. The number of carboxylic acid groups (broad SMARTS) is 1. The zero-order chi connectivity index (χ0) is 15.9. The van der Waals surface area contributed by atoms with E-state index in [1.165, 1.54) is 7.11 Å². The Bertz CT molecular complexity index is 283. The maximum atomic E-state index is 11.0. The number of aliphatic carboxylic acids is 1. The summed E-state index contributed by atoms with van der Waals surface area (Å²) in [6.45, 7) is 8.24. The van der Waals surface area contributed by atoms with Gasteiger partial charge in [0.15, 0.2) is 0 Å². The van der Waals surface area contributed by atoms with E-state index in [1.807, 2.05) is 11.9 Å². The van der Waals surface area contributed by atoms with Crippen molar-refractivity contribution in [3.8, 4) is 0 Å². The molecule has 0 saturated heterocycles. The first-order chi connectivity index (χ1) is 9.24. The molecule has 0 aliphatic heterocycles. The Morgan fingerprint density at radius 3 is 2.20 bits per heavy atom. The number of aliphatic hydroxyl groups is 1. The maximum absolute atomic E-state index is 11.0. The van der Waals surface area contributed by atoms with E-state index in [1.54, 1.807) is 0 Å². The number of likely N-dealkylation sites (N-methyl/N-ethyl adjacent to an activating group) is 1. The monoisotopic (exact) mass is 289 g/mol. The molecule has 20 heavy (non-hydrogen) atoms. The van der Waals surface area contributed by atoms with E-state index in [9.17, 15) is 9.90 Å². The predicted octanol–water partition coefficient (Wildman–Crippen LogP) is 2.19. The van der Waals surface area contributed by atoms with Crippen molar-refractivity contribution in [2.24, 2.45) is 11.8 Å². The number of ether oxygens (including phenoxy) is 1. The molecule has 0 saturated carbocycles. The molecule has 0 heterocycles. The van der Waals surface area contributed by atoms with Crippen LogP contribution in [0.4, 0.5) is 0 Å². The fraction of sp³-hybridized carbons (Fsp3) is 0.933. The molecule has 120 valence electrons. The van der Waals surface area contributed by atoms with Crippen LogP contribution in [-0.2, 0) is 9.53 Å². The van der Waals surface area contributed by atoms with Crippen LogP contribution in [0.5, 0.6) is 0 Å². The van der Waals surface area contributed by atoms with Crippen LogP contribution in [0.3, 0.4) is 0 Å². The van der Waals surface area contributed by atoms with Gasteiger partial charge in [0.05, 0.1) is 12.5 Å². The second kappa shape index (κ2) is 9.32. The first-order valence-corrected chi connectivity index (χ1v) is 7.39. The molecule has 5 heteroatoms. The smallest absolute Gasteiger partial charge is 0.306 e. The average molecular weight is 289 g/mol. The highest BCUT2D eigenvalue weighted by Crippen LogP contribution is 2.24. The Morgan fingerprint density at radius 2 is 1.85 bits per heavy atom. The molecular weight excluding hydrogens is 258 g/mol. The first kappa shape index (κ1) is 19.4.